The monoisotopic (exact) mass is 212 g/mol. The molecule has 78 valence electrons. The second kappa shape index (κ2) is 3.89. The Morgan fingerprint density at radius 3 is 2.43 bits per heavy atom. The average Bonchev–Trinajstić information content (AvgIpc) is 2.28. The molecule has 1 heterocycles. The van der Waals surface area contributed by atoms with Gasteiger partial charge in [-0.05, 0) is 34.1 Å². The molecule has 1 saturated heterocycles. The van der Waals surface area contributed by atoms with Gasteiger partial charge < -0.3 is 0 Å². The van der Waals surface area contributed by atoms with Crippen molar-refractivity contribution in [1.82, 2.24) is 0 Å². The summed E-state index contributed by atoms with van der Waals surface area (Å²) in [6, 6.07) is 0. The molecule has 1 rings (SSSR count). The summed E-state index contributed by atoms with van der Waals surface area (Å²) >= 11 is 1.19. The van der Waals surface area contributed by atoms with Crippen LogP contribution in [-0.4, -0.2) is 15.6 Å². The van der Waals surface area contributed by atoms with Crippen molar-refractivity contribution in [3.05, 3.63) is 11.6 Å². The van der Waals surface area contributed by atoms with Crippen LogP contribution in [0.5, 0.6) is 0 Å². The van der Waals surface area contributed by atoms with Gasteiger partial charge in [0.15, 0.2) is 10.9 Å². The van der Waals surface area contributed by atoms with Crippen molar-refractivity contribution < 1.29 is 9.59 Å². The number of carbonyl (C=O) groups excluding carboxylic acids is 2. The molecule has 2 nitrogen and oxygen atoms in total. The van der Waals surface area contributed by atoms with Crippen LogP contribution in [-0.2, 0) is 9.59 Å². The average molecular weight is 212 g/mol. The van der Waals surface area contributed by atoms with Gasteiger partial charge in [0.2, 0.25) is 0 Å². The van der Waals surface area contributed by atoms with Crippen LogP contribution in [0.15, 0.2) is 11.6 Å². The Morgan fingerprint density at radius 1 is 1.50 bits per heavy atom. The van der Waals surface area contributed by atoms with Crippen molar-refractivity contribution in [2.24, 2.45) is 5.92 Å². The third-order valence-electron chi connectivity index (χ3n) is 2.49. The third kappa shape index (κ3) is 2.08. The number of ketones is 1. The second-order valence-corrected chi connectivity index (χ2v) is 5.73. The van der Waals surface area contributed by atoms with E-state index in [-0.39, 0.29) is 10.9 Å². The maximum absolute atomic E-state index is 11.8. The summed E-state index contributed by atoms with van der Waals surface area (Å²) in [5.41, 5.74) is 1.19. The van der Waals surface area contributed by atoms with Crippen molar-refractivity contribution in [2.75, 3.05) is 0 Å². The second-order valence-electron chi connectivity index (χ2n) is 4.22. The van der Waals surface area contributed by atoms with Crippen LogP contribution in [0.4, 0.5) is 0 Å². The van der Waals surface area contributed by atoms with Crippen molar-refractivity contribution >= 4 is 22.7 Å². The Labute approximate surface area is 89.1 Å². The van der Waals surface area contributed by atoms with Gasteiger partial charge >= 0.3 is 0 Å². The lowest BCUT2D eigenvalue weighted by atomic mass is 9.93. The molecule has 14 heavy (non-hydrogen) atoms. The van der Waals surface area contributed by atoms with Crippen LogP contribution < -0.4 is 0 Å². The smallest absolute Gasteiger partial charge is 0.200 e. The zero-order chi connectivity index (χ0) is 10.9. The Balaban J connectivity index is 2.81. The molecule has 0 aromatic rings. The largest absolute Gasteiger partial charge is 0.297 e. The molecule has 0 aromatic heterocycles. The summed E-state index contributed by atoms with van der Waals surface area (Å²) < 4.78 is -0.520. The fourth-order valence-corrected chi connectivity index (χ4v) is 2.64. The maximum atomic E-state index is 11.8. The van der Waals surface area contributed by atoms with Gasteiger partial charge in [0.25, 0.3) is 0 Å². The minimum absolute atomic E-state index is 0.0136. The van der Waals surface area contributed by atoms with E-state index in [4.69, 9.17) is 0 Å². The van der Waals surface area contributed by atoms with E-state index in [1.54, 1.807) is 6.92 Å². The molecular weight excluding hydrogens is 196 g/mol. The highest BCUT2D eigenvalue weighted by Gasteiger charge is 2.47. The molecule has 0 radical (unpaired) electrons. The number of rotatable bonds is 2. The minimum Gasteiger partial charge on any atom is -0.297 e. The molecule has 1 aliphatic rings. The van der Waals surface area contributed by atoms with Gasteiger partial charge in [-0.15, -0.1) is 0 Å². The third-order valence-corrected chi connectivity index (χ3v) is 3.87. The van der Waals surface area contributed by atoms with Crippen LogP contribution in [0.1, 0.15) is 34.1 Å². The SMILES string of the molecule is CC(C)=CCC1(C)SC(=O)C(C)C1=O. The van der Waals surface area contributed by atoms with E-state index in [1.807, 2.05) is 26.8 Å². The maximum Gasteiger partial charge on any atom is 0.200 e. The number of hydrogen-bond acceptors (Lipinski definition) is 3. The number of thioether (sulfide) groups is 1. The topological polar surface area (TPSA) is 34.1 Å². The van der Waals surface area contributed by atoms with E-state index in [9.17, 15) is 9.59 Å². The van der Waals surface area contributed by atoms with Crippen LogP contribution in [0.3, 0.4) is 0 Å². The Hall–Kier alpha value is -0.570. The number of Topliss-reactive ketones (excluding diaryl/α,β-unsaturated/α-hetero) is 1. The summed E-state index contributed by atoms with van der Waals surface area (Å²) in [5.74, 6) is -0.347. The fourth-order valence-electron chi connectivity index (χ4n) is 1.47. The van der Waals surface area contributed by atoms with E-state index in [0.717, 1.165) is 0 Å². The Kier molecular flexibility index (Phi) is 3.20. The molecule has 1 fully saturated rings. The minimum atomic E-state index is -0.520. The molecule has 2 unspecified atom stereocenters. The highest BCUT2D eigenvalue weighted by atomic mass is 32.2. The van der Waals surface area contributed by atoms with Crippen LogP contribution in [0.25, 0.3) is 0 Å². The van der Waals surface area contributed by atoms with Crippen molar-refractivity contribution in [3.63, 3.8) is 0 Å². The quantitative estimate of drug-likeness (QED) is 0.521. The molecule has 0 amide bonds. The highest BCUT2D eigenvalue weighted by molar-refractivity contribution is 8.16. The normalized spacial score (nSPS) is 32.1. The summed E-state index contributed by atoms with van der Waals surface area (Å²) in [6.45, 7) is 7.56. The number of carbonyl (C=O) groups is 2. The van der Waals surface area contributed by atoms with Crippen molar-refractivity contribution in [2.45, 2.75) is 38.9 Å². The van der Waals surface area contributed by atoms with Gasteiger partial charge in [-0.2, -0.15) is 0 Å². The van der Waals surface area contributed by atoms with Crippen LogP contribution >= 0.6 is 11.8 Å². The Bertz CT molecular complexity index is 302. The van der Waals surface area contributed by atoms with E-state index in [0.29, 0.717) is 6.42 Å². The first-order valence-electron chi connectivity index (χ1n) is 4.77. The molecule has 0 N–H and O–H groups in total. The van der Waals surface area contributed by atoms with Crippen molar-refractivity contribution in [3.8, 4) is 0 Å². The number of allylic oxidation sites excluding steroid dienone is 2. The highest BCUT2D eigenvalue weighted by Crippen LogP contribution is 2.42. The van der Waals surface area contributed by atoms with Crippen LogP contribution in [0.2, 0.25) is 0 Å². The molecule has 3 heteroatoms. The molecule has 0 spiro atoms. The fraction of sp³-hybridized carbons (Fsp3) is 0.636. The van der Waals surface area contributed by atoms with Crippen molar-refractivity contribution in [1.29, 1.82) is 0 Å². The van der Waals surface area contributed by atoms with Gasteiger partial charge in [0, 0.05) is 0 Å². The van der Waals surface area contributed by atoms with Gasteiger partial charge in [-0.1, -0.05) is 23.4 Å². The molecule has 0 aliphatic carbocycles. The van der Waals surface area contributed by atoms with E-state index in [2.05, 4.69) is 0 Å². The van der Waals surface area contributed by atoms with Gasteiger partial charge in [0.05, 0.1) is 10.7 Å². The molecule has 0 saturated carbocycles. The summed E-state index contributed by atoms with van der Waals surface area (Å²) in [4.78, 5) is 23.1. The first kappa shape index (κ1) is 11.5. The first-order chi connectivity index (χ1) is 6.37. The predicted octanol–water partition coefficient (Wildman–Crippen LogP) is 2.58. The van der Waals surface area contributed by atoms with Crippen LogP contribution in [0, 0.1) is 5.92 Å². The molecule has 0 bridgehead atoms. The lowest BCUT2D eigenvalue weighted by Crippen LogP contribution is -2.28. The zero-order valence-corrected chi connectivity index (χ0v) is 9.90. The Morgan fingerprint density at radius 2 is 2.07 bits per heavy atom. The van der Waals surface area contributed by atoms with Gasteiger partial charge in [-0.25, -0.2) is 0 Å². The standard InChI is InChI=1S/C11H16O2S/c1-7(2)5-6-11(4)9(12)8(3)10(13)14-11/h5,8H,6H2,1-4H3. The predicted molar refractivity (Wildman–Crippen MR) is 59.2 cm³/mol. The molecule has 2 atom stereocenters. The van der Waals surface area contributed by atoms with E-state index >= 15 is 0 Å². The van der Waals surface area contributed by atoms with E-state index < -0.39 is 10.7 Å². The lowest BCUT2D eigenvalue weighted by molar-refractivity contribution is -0.127. The van der Waals surface area contributed by atoms with Gasteiger partial charge in [-0.3, -0.25) is 9.59 Å². The zero-order valence-electron chi connectivity index (χ0n) is 9.09. The molecule has 1 aliphatic heterocycles. The van der Waals surface area contributed by atoms with Gasteiger partial charge in [0.1, 0.15) is 0 Å². The number of hydrogen-bond donors (Lipinski definition) is 0. The van der Waals surface area contributed by atoms with E-state index in [1.165, 1.54) is 17.3 Å². The first-order valence-corrected chi connectivity index (χ1v) is 5.59. The summed E-state index contributed by atoms with van der Waals surface area (Å²) in [6.07, 6.45) is 2.69. The summed E-state index contributed by atoms with van der Waals surface area (Å²) in [5, 5.41) is 0.0136. The molecule has 0 aromatic carbocycles. The lowest BCUT2D eigenvalue weighted by Gasteiger charge is -2.17. The summed E-state index contributed by atoms with van der Waals surface area (Å²) in [7, 11) is 0. The molecular formula is C11H16O2S.